The van der Waals surface area contributed by atoms with Crippen LogP contribution in [0.4, 0.5) is 5.69 Å². The predicted octanol–water partition coefficient (Wildman–Crippen LogP) is 2.16. The first-order chi connectivity index (χ1) is 7.45. The normalized spacial score (nSPS) is 10.9. The lowest BCUT2D eigenvalue weighted by Gasteiger charge is -1.90. The van der Waals surface area contributed by atoms with Gasteiger partial charge in [0.05, 0.1) is 15.4 Å². The molecule has 0 aliphatic carbocycles. The van der Waals surface area contributed by atoms with Crippen LogP contribution >= 0.6 is 23.6 Å². The summed E-state index contributed by atoms with van der Waals surface area (Å²) >= 11 is 5.88. The summed E-state index contributed by atoms with van der Waals surface area (Å²) in [5, 5.41) is 19.3. The van der Waals surface area contributed by atoms with Crippen LogP contribution in [0.3, 0.4) is 0 Å². The molecule has 7 heteroatoms. The first kappa shape index (κ1) is 12.3. The molecule has 0 atom stereocenters. The van der Waals surface area contributed by atoms with Crippen LogP contribution in [0.1, 0.15) is 9.75 Å². The minimum Gasteiger partial charge on any atom is -0.389 e. The fraction of sp³-hybridized carbons (Fsp3) is 0.111. The largest absolute Gasteiger partial charge is 0.389 e. The molecular weight excluding hydrogens is 246 g/mol. The number of aryl methyl sites for hydroxylation is 1. The molecule has 5 nitrogen and oxygen atoms in total. The molecule has 1 heterocycles. The number of nitrogens with zero attached hydrogens (tertiary/aromatic N) is 2. The molecule has 0 fully saturated rings. The fourth-order valence-electron chi connectivity index (χ4n) is 1.05. The van der Waals surface area contributed by atoms with Gasteiger partial charge in [0.25, 0.3) is 5.69 Å². The Morgan fingerprint density at radius 2 is 2.44 bits per heavy atom. The van der Waals surface area contributed by atoms with Crippen LogP contribution in [0, 0.1) is 28.4 Å². The van der Waals surface area contributed by atoms with E-state index in [0.29, 0.717) is 9.75 Å². The third kappa shape index (κ3) is 2.62. The summed E-state index contributed by atoms with van der Waals surface area (Å²) in [4.78, 5) is 11.3. The third-order valence-corrected chi connectivity index (χ3v) is 2.99. The molecule has 0 spiro atoms. The summed E-state index contributed by atoms with van der Waals surface area (Å²) in [7, 11) is 0. The van der Waals surface area contributed by atoms with Crippen molar-refractivity contribution in [2.45, 2.75) is 6.92 Å². The van der Waals surface area contributed by atoms with Crippen LogP contribution in [0.15, 0.2) is 11.6 Å². The number of nitrogens with two attached hydrogens (primary N) is 1. The Hall–Kier alpha value is -1.78. The molecule has 0 amide bonds. The van der Waals surface area contributed by atoms with Gasteiger partial charge in [-0.15, -0.1) is 11.3 Å². The van der Waals surface area contributed by atoms with E-state index >= 15 is 0 Å². The Kier molecular flexibility index (Phi) is 3.71. The highest BCUT2D eigenvalue weighted by atomic mass is 32.1. The quantitative estimate of drug-likeness (QED) is 0.293. The highest BCUT2D eigenvalue weighted by Gasteiger charge is 2.14. The van der Waals surface area contributed by atoms with Crippen LogP contribution in [-0.4, -0.2) is 9.91 Å². The van der Waals surface area contributed by atoms with Gasteiger partial charge in [-0.1, -0.05) is 12.2 Å². The van der Waals surface area contributed by atoms with Crippen LogP contribution in [0.5, 0.6) is 0 Å². The van der Waals surface area contributed by atoms with Crippen LogP contribution in [0.25, 0.3) is 6.08 Å². The monoisotopic (exact) mass is 253 g/mol. The molecule has 0 saturated carbocycles. The lowest BCUT2D eigenvalue weighted by atomic mass is 10.2. The summed E-state index contributed by atoms with van der Waals surface area (Å²) in [6.45, 7) is 1.65. The molecule has 0 saturated heterocycles. The van der Waals surface area contributed by atoms with Crippen molar-refractivity contribution in [2.24, 2.45) is 5.73 Å². The number of rotatable bonds is 3. The first-order valence-corrected chi connectivity index (χ1v) is 5.34. The maximum Gasteiger partial charge on any atom is 0.283 e. The number of hydrogen-bond donors (Lipinski definition) is 1. The second kappa shape index (κ2) is 4.83. The maximum absolute atomic E-state index is 10.6. The Labute approximate surface area is 101 Å². The van der Waals surface area contributed by atoms with Crippen molar-refractivity contribution in [3.63, 3.8) is 0 Å². The molecule has 0 radical (unpaired) electrons. The van der Waals surface area contributed by atoms with E-state index in [1.807, 2.05) is 6.07 Å². The van der Waals surface area contributed by atoms with Gasteiger partial charge in [0.1, 0.15) is 11.1 Å². The molecule has 0 unspecified atom stereocenters. The summed E-state index contributed by atoms with van der Waals surface area (Å²) in [5.74, 6) is 0. The van der Waals surface area contributed by atoms with Gasteiger partial charge < -0.3 is 5.73 Å². The van der Waals surface area contributed by atoms with E-state index in [1.54, 1.807) is 6.92 Å². The van der Waals surface area contributed by atoms with Crippen molar-refractivity contribution in [2.75, 3.05) is 0 Å². The van der Waals surface area contributed by atoms with Gasteiger partial charge in [-0.2, -0.15) is 5.26 Å². The highest BCUT2D eigenvalue weighted by Crippen LogP contribution is 2.29. The Balaban J connectivity index is 3.17. The van der Waals surface area contributed by atoms with E-state index in [9.17, 15) is 10.1 Å². The molecule has 0 aromatic carbocycles. The number of nitro groups is 1. The summed E-state index contributed by atoms with van der Waals surface area (Å²) in [5.41, 5.74) is 5.49. The van der Waals surface area contributed by atoms with Crippen LogP contribution in [0.2, 0.25) is 0 Å². The second-order valence-corrected chi connectivity index (χ2v) is 4.61. The van der Waals surface area contributed by atoms with E-state index in [0.717, 1.165) is 0 Å². The van der Waals surface area contributed by atoms with Crippen molar-refractivity contribution in [1.82, 2.24) is 0 Å². The number of nitriles is 1. The number of thiophene rings is 1. The van der Waals surface area contributed by atoms with E-state index in [4.69, 9.17) is 11.0 Å². The lowest BCUT2D eigenvalue weighted by molar-refractivity contribution is -0.385. The SMILES string of the molecule is Cc1sc(/C=C(\C#N)C(N)=S)cc1[N+](=O)[O-]. The Morgan fingerprint density at radius 3 is 2.81 bits per heavy atom. The van der Waals surface area contributed by atoms with Crippen molar-refractivity contribution < 1.29 is 4.92 Å². The molecule has 82 valence electrons. The average Bonchev–Trinajstić information content (AvgIpc) is 2.55. The molecule has 0 bridgehead atoms. The summed E-state index contributed by atoms with van der Waals surface area (Å²) < 4.78 is 0. The molecule has 1 rings (SSSR count). The Morgan fingerprint density at radius 1 is 1.81 bits per heavy atom. The summed E-state index contributed by atoms with van der Waals surface area (Å²) in [6.07, 6.45) is 1.45. The van der Waals surface area contributed by atoms with Gasteiger partial charge in [-0.05, 0) is 13.0 Å². The fourth-order valence-corrected chi connectivity index (χ4v) is 2.09. The van der Waals surface area contributed by atoms with Crippen molar-refractivity contribution in [3.8, 4) is 6.07 Å². The molecule has 1 aromatic rings. The minimum atomic E-state index is -0.462. The molecule has 16 heavy (non-hydrogen) atoms. The third-order valence-electron chi connectivity index (χ3n) is 1.78. The van der Waals surface area contributed by atoms with E-state index in [1.165, 1.54) is 23.5 Å². The molecular formula is C9H7N3O2S2. The number of thiocarbonyl (C=S) groups is 1. The van der Waals surface area contributed by atoms with Gasteiger partial charge in [-0.25, -0.2) is 0 Å². The van der Waals surface area contributed by atoms with Gasteiger partial charge in [0, 0.05) is 10.9 Å². The Bertz CT molecular complexity index is 525. The zero-order chi connectivity index (χ0) is 12.3. The molecule has 2 N–H and O–H groups in total. The average molecular weight is 253 g/mol. The van der Waals surface area contributed by atoms with E-state index in [2.05, 4.69) is 12.2 Å². The zero-order valence-corrected chi connectivity index (χ0v) is 9.89. The van der Waals surface area contributed by atoms with E-state index < -0.39 is 4.92 Å². The van der Waals surface area contributed by atoms with Gasteiger partial charge >= 0.3 is 0 Å². The van der Waals surface area contributed by atoms with Crippen LogP contribution < -0.4 is 5.73 Å². The minimum absolute atomic E-state index is 0.0174. The van der Waals surface area contributed by atoms with Crippen molar-refractivity contribution in [3.05, 3.63) is 31.5 Å². The second-order valence-electron chi connectivity index (χ2n) is 2.88. The van der Waals surface area contributed by atoms with Crippen molar-refractivity contribution >= 4 is 40.3 Å². The van der Waals surface area contributed by atoms with Crippen molar-refractivity contribution in [1.29, 1.82) is 5.26 Å². The number of hydrogen-bond acceptors (Lipinski definition) is 5. The van der Waals surface area contributed by atoms with Gasteiger partial charge in [0.15, 0.2) is 0 Å². The highest BCUT2D eigenvalue weighted by molar-refractivity contribution is 7.80. The van der Waals surface area contributed by atoms with Crippen LogP contribution in [-0.2, 0) is 0 Å². The van der Waals surface area contributed by atoms with Gasteiger partial charge in [0.2, 0.25) is 0 Å². The first-order valence-electron chi connectivity index (χ1n) is 4.12. The van der Waals surface area contributed by atoms with Gasteiger partial charge in [-0.3, -0.25) is 10.1 Å². The smallest absolute Gasteiger partial charge is 0.283 e. The van der Waals surface area contributed by atoms with E-state index in [-0.39, 0.29) is 16.2 Å². The topological polar surface area (TPSA) is 93.0 Å². The molecule has 1 aromatic heterocycles. The zero-order valence-electron chi connectivity index (χ0n) is 8.26. The summed E-state index contributed by atoms with van der Waals surface area (Å²) in [6, 6.07) is 3.24. The lowest BCUT2D eigenvalue weighted by Crippen LogP contribution is -2.09. The standard InChI is InChI=1S/C9H7N3O2S2/c1-5-8(12(13)14)3-7(16-5)2-6(4-10)9(11)15/h2-3H,1H3,(H2,11,15)/b6-2+. The molecule has 0 aliphatic heterocycles. The maximum atomic E-state index is 10.6. The molecule has 0 aliphatic rings. The predicted molar refractivity (Wildman–Crippen MR) is 66.1 cm³/mol.